The predicted octanol–water partition coefficient (Wildman–Crippen LogP) is 2.12. The Kier molecular flexibility index (Phi) is 3.12. The molecule has 1 aromatic rings. The van der Waals surface area contributed by atoms with Crippen LogP contribution in [0.3, 0.4) is 0 Å². The van der Waals surface area contributed by atoms with E-state index >= 15 is 0 Å². The minimum Gasteiger partial charge on any atom is -0.352 e. The molecule has 5 heteroatoms. The van der Waals surface area contributed by atoms with Gasteiger partial charge < -0.3 is 14.9 Å². The Balaban J connectivity index is 2.23. The molecule has 94 valence electrons. The van der Waals surface area contributed by atoms with Gasteiger partial charge in [0.25, 0.3) is 0 Å². The van der Waals surface area contributed by atoms with Gasteiger partial charge >= 0.3 is 0 Å². The van der Waals surface area contributed by atoms with Gasteiger partial charge in [0.15, 0.2) is 4.77 Å². The summed E-state index contributed by atoms with van der Waals surface area (Å²) < 4.78 is 2.84. The van der Waals surface area contributed by atoms with E-state index < -0.39 is 0 Å². The maximum Gasteiger partial charge on any atom is 0.220 e. The van der Waals surface area contributed by atoms with Gasteiger partial charge in [-0.15, -0.1) is 0 Å². The van der Waals surface area contributed by atoms with Crippen LogP contribution in [-0.4, -0.2) is 21.5 Å². The van der Waals surface area contributed by atoms with Gasteiger partial charge in [0.1, 0.15) is 0 Å². The first-order chi connectivity index (χ1) is 7.88. The van der Waals surface area contributed by atoms with E-state index in [1.807, 2.05) is 6.20 Å². The summed E-state index contributed by atoms with van der Waals surface area (Å²) in [6.07, 6.45) is 3.50. The molecule has 0 saturated carbocycles. The number of hydrogen-bond donors (Lipinski definition) is 2. The van der Waals surface area contributed by atoms with E-state index in [4.69, 9.17) is 12.2 Å². The molecule has 4 nitrogen and oxygen atoms in total. The Bertz CT molecular complexity index is 481. The Morgan fingerprint density at radius 2 is 2.24 bits per heavy atom. The number of aromatic amines is 1. The van der Waals surface area contributed by atoms with E-state index in [1.54, 1.807) is 0 Å². The largest absolute Gasteiger partial charge is 0.352 e. The quantitative estimate of drug-likeness (QED) is 0.793. The molecule has 1 aliphatic heterocycles. The molecule has 0 aliphatic carbocycles. The van der Waals surface area contributed by atoms with Crippen LogP contribution in [0.2, 0.25) is 0 Å². The van der Waals surface area contributed by atoms with Crippen molar-refractivity contribution in [1.82, 2.24) is 14.9 Å². The van der Waals surface area contributed by atoms with Crippen molar-refractivity contribution >= 4 is 18.1 Å². The number of nitrogens with one attached hydrogen (secondary N) is 2. The number of hydrogen-bond acceptors (Lipinski definition) is 2. The van der Waals surface area contributed by atoms with Gasteiger partial charge in [-0.3, -0.25) is 4.79 Å². The van der Waals surface area contributed by atoms with Crippen LogP contribution in [0, 0.1) is 4.77 Å². The lowest BCUT2D eigenvalue weighted by Gasteiger charge is -2.22. The van der Waals surface area contributed by atoms with Crippen molar-refractivity contribution in [3.8, 4) is 0 Å². The van der Waals surface area contributed by atoms with Gasteiger partial charge in [-0.2, -0.15) is 0 Å². The highest BCUT2D eigenvalue weighted by Crippen LogP contribution is 2.23. The second-order valence-electron chi connectivity index (χ2n) is 5.64. The highest BCUT2D eigenvalue weighted by molar-refractivity contribution is 7.71. The zero-order valence-electron chi connectivity index (χ0n) is 10.5. The molecule has 1 fully saturated rings. The van der Waals surface area contributed by atoms with Crippen molar-refractivity contribution < 1.29 is 4.79 Å². The SMILES string of the molecule is CC(C)(C)c1c[nH]c(=S)n1CC1CCC(=O)N1. The van der Waals surface area contributed by atoms with Gasteiger partial charge in [-0.1, -0.05) is 20.8 Å². The number of nitrogens with zero attached hydrogens (tertiary/aromatic N) is 1. The van der Waals surface area contributed by atoms with Crippen molar-refractivity contribution in [2.24, 2.45) is 0 Å². The number of imidazole rings is 1. The van der Waals surface area contributed by atoms with Crippen LogP contribution < -0.4 is 5.32 Å². The van der Waals surface area contributed by atoms with E-state index in [9.17, 15) is 4.79 Å². The third-order valence-electron chi connectivity index (χ3n) is 3.12. The third kappa shape index (κ3) is 2.60. The van der Waals surface area contributed by atoms with E-state index in [1.165, 1.54) is 5.69 Å². The first-order valence-electron chi connectivity index (χ1n) is 5.96. The summed E-state index contributed by atoms with van der Waals surface area (Å²) >= 11 is 5.30. The van der Waals surface area contributed by atoms with Crippen LogP contribution in [0.5, 0.6) is 0 Å². The second kappa shape index (κ2) is 4.29. The fourth-order valence-corrected chi connectivity index (χ4v) is 2.46. The lowest BCUT2D eigenvalue weighted by molar-refractivity contribution is -0.119. The Morgan fingerprint density at radius 1 is 1.53 bits per heavy atom. The molecule has 0 aromatic carbocycles. The Hall–Kier alpha value is -1.10. The van der Waals surface area contributed by atoms with Crippen molar-refractivity contribution in [2.75, 3.05) is 0 Å². The van der Waals surface area contributed by atoms with Crippen molar-refractivity contribution in [1.29, 1.82) is 0 Å². The number of carbonyl (C=O) groups excluding carboxylic acids is 1. The summed E-state index contributed by atoms with van der Waals surface area (Å²) in [4.78, 5) is 14.3. The van der Waals surface area contributed by atoms with Crippen LogP contribution in [0.25, 0.3) is 0 Å². The van der Waals surface area contributed by atoms with Crippen molar-refractivity contribution in [2.45, 2.75) is 51.6 Å². The molecule has 1 saturated heterocycles. The molecule has 1 atom stereocenters. The molecule has 1 aliphatic rings. The second-order valence-corrected chi connectivity index (χ2v) is 6.03. The first-order valence-corrected chi connectivity index (χ1v) is 6.37. The fourth-order valence-electron chi connectivity index (χ4n) is 2.23. The fraction of sp³-hybridized carbons (Fsp3) is 0.667. The first kappa shape index (κ1) is 12.4. The summed E-state index contributed by atoms with van der Waals surface area (Å²) in [5, 5.41) is 2.98. The normalized spacial score (nSPS) is 20.6. The van der Waals surface area contributed by atoms with Crippen LogP contribution in [-0.2, 0) is 16.8 Å². The molecule has 17 heavy (non-hydrogen) atoms. The van der Waals surface area contributed by atoms with Crippen molar-refractivity contribution in [3.05, 3.63) is 16.7 Å². The van der Waals surface area contributed by atoms with Gasteiger partial charge in [0.05, 0.1) is 0 Å². The molecular weight excluding hydrogens is 234 g/mol. The predicted molar refractivity (Wildman–Crippen MR) is 69.5 cm³/mol. The van der Waals surface area contributed by atoms with Gasteiger partial charge in [0, 0.05) is 36.3 Å². The van der Waals surface area contributed by atoms with Gasteiger partial charge in [-0.05, 0) is 18.6 Å². The summed E-state index contributed by atoms with van der Waals surface area (Å²) in [6.45, 7) is 7.25. The molecule has 2 heterocycles. The summed E-state index contributed by atoms with van der Waals surface area (Å²) in [7, 11) is 0. The van der Waals surface area contributed by atoms with Gasteiger partial charge in [0.2, 0.25) is 5.91 Å². The molecule has 2 N–H and O–H groups in total. The maximum absolute atomic E-state index is 11.2. The lowest BCUT2D eigenvalue weighted by atomic mass is 9.92. The molecule has 2 rings (SSSR count). The molecule has 1 unspecified atom stereocenters. The molecular formula is C12H19N3OS. The maximum atomic E-state index is 11.2. The minimum atomic E-state index is 0.0518. The number of amides is 1. The van der Waals surface area contributed by atoms with E-state index in [-0.39, 0.29) is 17.4 Å². The lowest BCUT2D eigenvalue weighted by Crippen LogP contribution is -2.31. The highest BCUT2D eigenvalue weighted by Gasteiger charge is 2.25. The third-order valence-corrected chi connectivity index (χ3v) is 3.46. The molecule has 0 bridgehead atoms. The zero-order valence-corrected chi connectivity index (χ0v) is 11.4. The zero-order chi connectivity index (χ0) is 12.6. The van der Waals surface area contributed by atoms with Crippen LogP contribution in [0.4, 0.5) is 0 Å². The number of carbonyl (C=O) groups is 1. The van der Waals surface area contributed by atoms with E-state index in [0.29, 0.717) is 6.42 Å². The highest BCUT2D eigenvalue weighted by atomic mass is 32.1. The number of H-pyrrole nitrogens is 1. The summed E-state index contributed by atoms with van der Waals surface area (Å²) in [5.41, 5.74) is 1.24. The molecule has 1 aromatic heterocycles. The Morgan fingerprint density at radius 3 is 2.76 bits per heavy atom. The van der Waals surface area contributed by atoms with Crippen LogP contribution >= 0.6 is 12.2 Å². The minimum absolute atomic E-state index is 0.0518. The van der Waals surface area contributed by atoms with Crippen LogP contribution in [0.15, 0.2) is 6.20 Å². The topological polar surface area (TPSA) is 49.8 Å². The van der Waals surface area contributed by atoms with Gasteiger partial charge in [-0.25, -0.2) is 0 Å². The average molecular weight is 253 g/mol. The summed E-state index contributed by atoms with van der Waals surface area (Å²) in [6, 6.07) is 0.214. The van der Waals surface area contributed by atoms with E-state index in [2.05, 4.69) is 35.6 Å². The smallest absolute Gasteiger partial charge is 0.220 e. The molecule has 0 spiro atoms. The molecule has 0 radical (unpaired) electrons. The average Bonchev–Trinajstić information content (AvgIpc) is 2.74. The summed E-state index contributed by atoms with van der Waals surface area (Å²) in [5.74, 6) is 0.148. The van der Waals surface area contributed by atoms with E-state index in [0.717, 1.165) is 17.7 Å². The van der Waals surface area contributed by atoms with Crippen molar-refractivity contribution in [3.63, 3.8) is 0 Å². The Labute approximate surface area is 106 Å². The monoisotopic (exact) mass is 253 g/mol. The standard InChI is InChI=1S/C12H19N3OS/c1-12(2,3)9-6-13-11(17)15(9)7-8-4-5-10(16)14-8/h6,8H,4-5,7H2,1-3H3,(H,13,17)(H,14,16). The number of rotatable bonds is 2. The van der Waals surface area contributed by atoms with Crippen LogP contribution in [0.1, 0.15) is 39.3 Å². The number of aromatic nitrogens is 2. The molecule has 1 amide bonds.